The maximum Gasteiger partial charge on any atom is 0.255 e. The second-order valence-electron chi connectivity index (χ2n) is 11.0. The number of halogens is 1. The number of furan rings is 1. The smallest absolute Gasteiger partial charge is 0.255 e. The van der Waals surface area contributed by atoms with Gasteiger partial charge in [0.05, 0.1) is 5.56 Å². The summed E-state index contributed by atoms with van der Waals surface area (Å²) in [5.74, 6) is 1.23. The molecule has 3 aromatic carbocycles. The molecule has 2 bridgehead atoms. The van der Waals surface area contributed by atoms with Crippen molar-refractivity contribution in [2.24, 2.45) is 11.8 Å². The predicted octanol–water partition coefficient (Wildman–Crippen LogP) is 7.14. The molecule has 3 aliphatic carbocycles. The molecule has 0 saturated heterocycles. The maximum atomic E-state index is 13.6. The van der Waals surface area contributed by atoms with Crippen molar-refractivity contribution in [2.75, 3.05) is 7.05 Å². The summed E-state index contributed by atoms with van der Waals surface area (Å²) in [6.45, 7) is 2.12. The monoisotopic (exact) mass is 524 g/mol. The summed E-state index contributed by atoms with van der Waals surface area (Å²) in [5.41, 5.74) is 5.26. The Hall–Kier alpha value is -3.93. The Balaban J connectivity index is 1.42. The third-order valence-electron chi connectivity index (χ3n) is 8.47. The van der Waals surface area contributed by atoms with Gasteiger partial charge < -0.3 is 15.1 Å². The van der Waals surface area contributed by atoms with Crippen LogP contribution in [0.5, 0.6) is 0 Å². The maximum absolute atomic E-state index is 13.6. The van der Waals surface area contributed by atoms with Crippen LogP contribution in [0.25, 0.3) is 33.4 Å². The number of rotatable bonds is 7. The molecule has 2 N–H and O–H groups in total. The second kappa shape index (κ2) is 10.3. The van der Waals surface area contributed by atoms with Crippen molar-refractivity contribution < 1.29 is 18.4 Å². The van der Waals surface area contributed by atoms with Crippen molar-refractivity contribution in [3.8, 4) is 22.5 Å². The van der Waals surface area contributed by atoms with Gasteiger partial charge in [0.15, 0.2) is 0 Å². The molecule has 3 saturated carbocycles. The topological polar surface area (TPSA) is 71.3 Å². The molecular weight excluding hydrogens is 491 g/mol. The van der Waals surface area contributed by atoms with Gasteiger partial charge >= 0.3 is 0 Å². The molecule has 1 aromatic heterocycles. The first-order chi connectivity index (χ1) is 18.9. The van der Waals surface area contributed by atoms with E-state index in [1.54, 1.807) is 19.2 Å². The molecule has 1 unspecified atom stereocenters. The molecule has 6 heteroatoms. The number of nitrogens with one attached hydrogen (secondary N) is 2. The fourth-order valence-electron chi connectivity index (χ4n) is 6.36. The van der Waals surface area contributed by atoms with Crippen molar-refractivity contribution in [1.82, 2.24) is 10.6 Å². The lowest BCUT2D eigenvalue weighted by molar-refractivity contribution is 0.0618. The van der Waals surface area contributed by atoms with Gasteiger partial charge in [0.2, 0.25) is 0 Å². The lowest BCUT2D eigenvalue weighted by atomic mass is 9.63. The molecule has 0 radical (unpaired) electrons. The number of aryl methyl sites for hydroxylation is 1. The fraction of sp³-hybridized carbons (Fsp3) is 0.333. The van der Waals surface area contributed by atoms with Crippen LogP contribution in [-0.2, 0) is 6.42 Å². The van der Waals surface area contributed by atoms with E-state index < -0.39 is 0 Å². The number of amides is 2. The van der Waals surface area contributed by atoms with E-state index in [0.29, 0.717) is 39.3 Å². The van der Waals surface area contributed by atoms with E-state index in [1.165, 1.54) is 31.4 Å². The first kappa shape index (κ1) is 25.4. The minimum absolute atomic E-state index is 0.0294. The van der Waals surface area contributed by atoms with Crippen LogP contribution in [0.4, 0.5) is 4.39 Å². The summed E-state index contributed by atoms with van der Waals surface area (Å²) in [6.07, 6.45) is 6.50. The zero-order valence-corrected chi connectivity index (χ0v) is 22.4. The molecule has 7 rings (SSSR count). The van der Waals surface area contributed by atoms with Crippen LogP contribution in [0, 0.1) is 17.7 Å². The Morgan fingerprint density at radius 3 is 2.46 bits per heavy atom. The average molecular weight is 525 g/mol. The quantitative estimate of drug-likeness (QED) is 0.270. The molecule has 0 aliphatic heterocycles. The highest BCUT2D eigenvalue weighted by molar-refractivity contribution is 6.12. The summed E-state index contributed by atoms with van der Waals surface area (Å²) in [5, 5.41) is 6.70. The predicted molar refractivity (Wildman–Crippen MR) is 151 cm³/mol. The van der Waals surface area contributed by atoms with Crippen molar-refractivity contribution in [1.29, 1.82) is 0 Å². The summed E-state index contributed by atoms with van der Waals surface area (Å²) < 4.78 is 19.9. The van der Waals surface area contributed by atoms with Crippen LogP contribution < -0.4 is 10.6 Å². The third-order valence-corrected chi connectivity index (χ3v) is 8.47. The van der Waals surface area contributed by atoms with Gasteiger partial charge in [-0.3, -0.25) is 9.59 Å². The molecular formula is C33H33FN2O3. The standard InChI is InChI=1S/C33H33FN2O3/c1-3-5-21-17-29-27(30(33(38)35-2)31(39-29)20-9-11-25(34)12-10-20)18-26(21)22-6-4-7-23(16-22)32(37)36-28-13-8-19-14-24(28)15-19/h4,6-7,9-12,16-19,24,28H,3,5,8,13-15H2,1-2H3,(H,35,38)(H,36,37). The van der Waals surface area contributed by atoms with Gasteiger partial charge in [-0.2, -0.15) is 0 Å². The summed E-state index contributed by atoms with van der Waals surface area (Å²) in [4.78, 5) is 26.3. The van der Waals surface area contributed by atoms with Crippen LogP contribution in [0.2, 0.25) is 0 Å². The number of benzene rings is 3. The van der Waals surface area contributed by atoms with E-state index in [4.69, 9.17) is 4.42 Å². The van der Waals surface area contributed by atoms with Gasteiger partial charge in [0, 0.05) is 29.6 Å². The summed E-state index contributed by atoms with van der Waals surface area (Å²) in [6, 6.07) is 17.9. The van der Waals surface area contributed by atoms with Crippen molar-refractivity contribution in [3.63, 3.8) is 0 Å². The Bertz CT molecular complexity index is 1550. The Labute approximate surface area is 227 Å². The highest BCUT2D eigenvalue weighted by atomic mass is 19.1. The van der Waals surface area contributed by atoms with Crippen LogP contribution in [-0.4, -0.2) is 24.9 Å². The number of fused-ring (bicyclic) bond motifs is 3. The van der Waals surface area contributed by atoms with Crippen LogP contribution >= 0.6 is 0 Å². The van der Waals surface area contributed by atoms with E-state index in [-0.39, 0.29) is 23.7 Å². The minimum Gasteiger partial charge on any atom is -0.455 e. The Morgan fingerprint density at radius 2 is 1.77 bits per heavy atom. The number of hydrogen-bond acceptors (Lipinski definition) is 3. The van der Waals surface area contributed by atoms with Gasteiger partial charge in [-0.25, -0.2) is 4.39 Å². The highest BCUT2D eigenvalue weighted by Gasteiger charge is 2.40. The SMILES string of the molecule is CCCc1cc2oc(-c3ccc(F)cc3)c(C(=O)NC)c2cc1-c1cccc(C(=O)NC2CCC3CC2C3)c1. The molecule has 4 aromatic rings. The van der Waals surface area contributed by atoms with E-state index >= 15 is 0 Å². The van der Waals surface area contributed by atoms with Crippen LogP contribution in [0.1, 0.15) is 65.3 Å². The molecule has 200 valence electrons. The highest BCUT2D eigenvalue weighted by Crippen LogP contribution is 2.45. The summed E-state index contributed by atoms with van der Waals surface area (Å²) in [7, 11) is 1.58. The van der Waals surface area contributed by atoms with E-state index in [9.17, 15) is 14.0 Å². The lowest BCUT2D eigenvalue weighted by Crippen LogP contribution is -2.49. The number of carbonyl (C=O) groups excluding carboxylic acids is 2. The third kappa shape index (κ3) is 4.73. The first-order valence-corrected chi connectivity index (χ1v) is 13.9. The van der Waals surface area contributed by atoms with E-state index in [2.05, 4.69) is 17.6 Å². The van der Waals surface area contributed by atoms with E-state index in [0.717, 1.165) is 41.9 Å². The van der Waals surface area contributed by atoms with Gasteiger partial charge in [-0.1, -0.05) is 25.5 Å². The summed E-state index contributed by atoms with van der Waals surface area (Å²) >= 11 is 0. The van der Waals surface area contributed by atoms with Crippen molar-refractivity contribution in [3.05, 3.63) is 83.2 Å². The normalized spacial score (nSPS) is 19.9. The zero-order chi connectivity index (χ0) is 27.1. The molecule has 1 atom stereocenters. The minimum atomic E-state index is -0.354. The molecule has 1 heterocycles. The second-order valence-corrected chi connectivity index (χ2v) is 11.0. The Morgan fingerprint density at radius 1 is 0.974 bits per heavy atom. The van der Waals surface area contributed by atoms with Gasteiger partial charge in [0.1, 0.15) is 17.2 Å². The molecule has 2 amide bonds. The zero-order valence-electron chi connectivity index (χ0n) is 22.4. The molecule has 3 aliphatic rings. The molecule has 39 heavy (non-hydrogen) atoms. The van der Waals surface area contributed by atoms with Crippen LogP contribution in [0.3, 0.4) is 0 Å². The molecule has 3 fully saturated rings. The van der Waals surface area contributed by atoms with Gasteiger partial charge in [0.25, 0.3) is 11.8 Å². The van der Waals surface area contributed by atoms with Crippen LogP contribution in [0.15, 0.2) is 65.1 Å². The van der Waals surface area contributed by atoms with Gasteiger partial charge in [-0.15, -0.1) is 0 Å². The first-order valence-electron chi connectivity index (χ1n) is 13.9. The number of hydrogen-bond donors (Lipinski definition) is 2. The van der Waals surface area contributed by atoms with Crippen molar-refractivity contribution in [2.45, 2.75) is 51.5 Å². The number of carbonyl (C=O) groups is 2. The Kier molecular flexibility index (Phi) is 6.71. The lowest BCUT2D eigenvalue weighted by Gasteiger charge is -2.46. The largest absolute Gasteiger partial charge is 0.455 e. The average Bonchev–Trinajstić information content (AvgIpc) is 3.31. The van der Waals surface area contributed by atoms with Gasteiger partial charge in [-0.05, 0) is 109 Å². The van der Waals surface area contributed by atoms with E-state index in [1.807, 2.05) is 36.4 Å². The molecule has 5 nitrogen and oxygen atoms in total. The van der Waals surface area contributed by atoms with Crippen molar-refractivity contribution >= 4 is 22.8 Å². The molecule has 0 spiro atoms. The fourth-order valence-corrected chi connectivity index (χ4v) is 6.36.